The number of aryl methyl sites for hydroxylation is 1. The van der Waals surface area contributed by atoms with Crippen molar-refractivity contribution in [3.05, 3.63) is 30.6 Å². The van der Waals surface area contributed by atoms with Crippen LogP contribution in [0.4, 0.5) is 0 Å². The summed E-state index contributed by atoms with van der Waals surface area (Å²) in [5.74, 6) is 0.920. The summed E-state index contributed by atoms with van der Waals surface area (Å²) in [6.45, 7) is 8.74. The molecule has 1 aliphatic heterocycles. The standard InChI is InChI=1S/C20H32N6.HI/c1-16(2)25-13-9-17(10-14-25)24-20(21-3)22-11-6-12-26-15-23-18-7-4-5-8-19(18)26;/h4-5,7-8,15-17H,6,9-14H2,1-3H3,(H2,21,22,24);1H. The van der Waals surface area contributed by atoms with Gasteiger partial charge >= 0.3 is 0 Å². The van der Waals surface area contributed by atoms with Crippen molar-refractivity contribution < 1.29 is 0 Å². The summed E-state index contributed by atoms with van der Waals surface area (Å²) in [5, 5.41) is 7.03. The van der Waals surface area contributed by atoms with Gasteiger partial charge in [0.05, 0.1) is 17.4 Å². The van der Waals surface area contributed by atoms with Gasteiger partial charge in [-0.1, -0.05) is 12.1 Å². The highest BCUT2D eigenvalue weighted by Gasteiger charge is 2.21. The highest BCUT2D eigenvalue weighted by atomic mass is 127. The first-order chi connectivity index (χ1) is 12.7. The van der Waals surface area contributed by atoms with E-state index in [0.29, 0.717) is 12.1 Å². The smallest absolute Gasteiger partial charge is 0.191 e. The number of aromatic nitrogens is 2. The summed E-state index contributed by atoms with van der Waals surface area (Å²) in [6, 6.07) is 9.44. The summed E-state index contributed by atoms with van der Waals surface area (Å²) in [7, 11) is 1.85. The predicted octanol–water partition coefficient (Wildman–Crippen LogP) is 3.08. The fraction of sp³-hybridized carbons (Fsp3) is 0.600. The Labute approximate surface area is 179 Å². The van der Waals surface area contributed by atoms with Crippen LogP contribution in [0.5, 0.6) is 0 Å². The first-order valence-corrected chi connectivity index (χ1v) is 9.78. The van der Waals surface area contributed by atoms with Crippen LogP contribution in [0.3, 0.4) is 0 Å². The molecule has 2 N–H and O–H groups in total. The molecule has 1 aromatic heterocycles. The molecule has 0 unspecified atom stereocenters. The first-order valence-electron chi connectivity index (χ1n) is 9.78. The number of nitrogens with zero attached hydrogens (tertiary/aromatic N) is 4. The summed E-state index contributed by atoms with van der Waals surface area (Å²) in [5.41, 5.74) is 2.26. The molecular weight excluding hydrogens is 451 g/mol. The van der Waals surface area contributed by atoms with E-state index >= 15 is 0 Å². The van der Waals surface area contributed by atoms with Gasteiger partial charge in [-0.2, -0.15) is 0 Å². The molecule has 1 saturated heterocycles. The van der Waals surface area contributed by atoms with Crippen LogP contribution in [0.2, 0.25) is 0 Å². The Bertz CT molecular complexity index is 718. The van der Waals surface area contributed by atoms with Crippen molar-refractivity contribution in [3.8, 4) is 0 Å². The number of nitrogens with one attached hydrogen (secondary N) is 2. The van der Waals surface area contributed by atoms with Gasteiger partial charge in [0.15, 0.2) is 5.96 Å². The van der Waals surface area contributed by atoms with Gasteiger partial charge in [0.25, 0.3) is 0 Å². The normalized spacial score (nSPS) is 16.5. The van der Waals surface area contributed by atoms with Crippen LogP contribution in [-0.2, 0) is 6.54 Å². The Morgan fingerprint density at radius 3 is 2.70 bits per heavy atom. The van der Waals surface area contributed by atoms with Gasteiger partial charge in [-0.15, -0.1) is 24.0 Å². The molecule has 7 heteroatoms. The molecule has 2 heterocycles. The zero-order valence-corrected chi connectivity index (χ0v) is 19.0. The van der Waals surface area contributed by atoms with Gasteiger partial charge in [-0.25, -0.2) is 4.98 Å². The van der Waals surface area contributed by atoms with Crippen LogP contribution in [0.25, 0.3) is 11.0 Å². The lowest BCUT2D eigenvalue weighted by molar-refractivity contribution is 0.167. The number of piperidine rings is 1. The lowest BCUT2D eigenvalue weighted by atomic mass is 10.0. The average molecular weight is 484 g/mol. The Morgan fingerprint density at radius 1 is 1.26 bits per heavy atom. The molecule has 6 nitrogen and oxygen atoms in total. The third-order valence-electron chi connectivity index (χ3n) is 5.22. The maximum Gasteiger partial charge on any atom is 0.191 e. The Kier molecular flexibility index (Phi) is 8.82. The third-order valence-corrected chi connectivity index (χ3v) is 5.22. The fourth-order valence-corrected chi connectivity index (χ4v) is 3.59. The maximum absolute atomic E-state index is 4.45. The van der Waals surface area contributed by atoms with Crippen molar-refractivity contribution in [2.24, 2.45) is 4.99 Å². The minimum Gasteiger partial charge on any atom is -0.356 e. The molecule has 27 heavy (non-hydrogen) atoms. The first kappa shape index (κ1) is 21.9. The van der Waals surface area contributed by atoms with E-state index in [1.165, 1.54) is 31.4 Å². The summed E-state index contributed by atoms with van der Waals surface area (Å²) >= 11 is 0. The molecule has 0 aliphatic carbocycles. The average Bonchev–Trinajstić information content (AvgIpc) is 3.08. The van der Waals surface area contributed by atoms with Gasteiger partial charge in [-0.05, 0) is 45.2 Å². The van der Waals surface area contributed by atoms with Gasteiger partial charge in [0.2, 0.25) is 0 Å². The third kappa shape index (κ3) is 6.07. The molecule has 0 spiro atoms. The van der Waals surface area contributed by atoms with E-state index in [0.717, 1.165) is 31.0 Å². The molecule has 2 aromatic rings. The number of rotatable bonds is 6. The second-order valence-corrected chi connectivity index (χ2v) is 7.33. The molecule has 0 radical (unpaired) electrons. The van der Waals surface area contributed by atoms with Crippen molar-refractivity contribution in [1.29, 1.82) is 0 Å². The van der Waals surface area contributed by atoms with Crippen LogP contribution in [-0.4, -0.2) is 59.2 Å². The van der Waals surface area contributed by atoms with Crippen molar-refractivity contribution in [2.45, 2.75) is 51.7 Å². The van der Waals surface area contributed by atoms with Crippen LogP contribution < -0.4 is 10.6 Å². The number of halogens is 1. The molecule has 0 saturated carbocycles. The van der Waals surface area contributed by atoms with Gasteiger partial charge in [-0.3, -0.25) is 4.99 Å². The lowest BCUT2D eigenvalue weighted by Crippen LogP contribution is -2.50. The molecule has 3 rings (SSSR count). The number of fused-ring (bicyclic) bond motifs is 1. The number of guanidine groups is 1. The molecule has 1 aliphatic rings. The van der Waals surface area contributed by atoms with Crippen LogP contribution >= 0.6 is 24.0 Å². The molecule has 0 amide bonds. The number of hydrogen-bond donors (Lipinski definition) is 2. The predicted molar refractivity (Wildman–Crippen MR) is 124 cm³/mol. The van der Waals surface area contributed by atoms with E-state index in [9.17, 15) is 0 Å². The Morgan fingerprint density at radius 2 is 2.00 bits per heavy atom. The monoisotopic (exact) mass is 484 g/mol. The number of hydrogen-bond acceptors (Lipinski definition) is 3. The minimum atomic E-state index is 0. The molecular formula is C20H33IN6. The van der Waals surface area contributed by atoms with Crippen molar-refractivity contribution in [1.82, 2.24) is 25.1 Å². The zero-order chi connectivity index (χ0) is 18.4. The minimum absolute atomic E-state index is 0. The summed E-state index contributed by atoms with van der Waals surface area (Å²) in [6.07, 6.45) is 5.33. The number of para-hydroxylation sites is 2. The second kappa shape index (κ2) is 10.8. The summed E-state index contributed by atoms with van der Waals surface area (Å²) in [4.78, 5) is 11.4. The Hall–Kier alpha value is -1.35. The van der Waals surface area contributed by atoms with Crippen LogP contribution in [0.1, 0.15) is 33.1 Å². The van der Waals surface area contributed by atoms with Crippen LogP contribution in [0.15, 0.2) is 35.6 Å². The second-order valence-electron chi connectivity index (χ2n) is 7.33. The van der Waals surface area contributed by atoms with E-state index in [1.54, 1.807) is 0 Å². The van der Waals surface area contributed by atoms with Crippen molar-refractivity contribution >= 4 is 41.0 Å². The summed E-state index contributed by atoms with van der Waals surface area (Å²) < 4.78 is 2.22. The van der Waals surface area contributed by atoms with E-state index < -0.39 is 0 Å². The van der Waals surface area contributed by atoms with Gasteiger partial charge in [0, 0.05) is 45.3 Å². The molecule has 0 atom stereocenters. The van der Waals surface area contributed by atoms with E-state index in [4.69, 9.17) is 0 Å². The van der Waals surface area contributed by atoms with Crippen molar-refractivity contribution in [3.63, 3.8) is 0 Å². The molecule has 150 valence electrons. The topological polar surface area (TPSA) is 57.5 Å². The fourth-order valence-electron chi connectivity index (χ4n) is 3.59. The number of benzene rings is 1. The number of likely N-dealkylation sites (tertiary alicyclic amines) is 1. The zero-order valence-electron chi connectivity index (χ0n) is 16.7. The van der Waals surface area contributed by atoms with Gasteiger partial charge < -0.3 is 20.1 Å². The molecule has 1 fully saturated rings. The van der Waals surface area contributed by atoms with E-state index in [2.05, 4.69) is 62.1 Å². The van der Waals surface area contributed by atoms with E-state index in [1.807, 2.05) is 19.4 Å². The highest BCUT2D eigenvalue weighted by molar-refractivity contribution is 14.0. The maximum atomic E-state index is 4.45. The quantitative estimate of drug-likeness (QED) is 0.287. The SMILES string of the molecule is CN=C(NCCCn1cnc2ccccc21)NC1CCN(C(C)C)CC1.I. The number of imidazole rings is 1. The number of aliphatic imine (C=N–C) groups is 1. The lowest BCUT2D eigenvalue weighted by Gasteiger charge is -2.35. The molecule has 0 bridgehead atoms. The van der Waals surface area contributed by atoms with Crippen molar-refractivity contribution in [2.75, 3.05) is 26.7 Å². The molecule has 1 aromatic carbocycles. The highest BCUT2D eigenvalue weighted by Crippen LogP contribution is 2.13. The van der Waals surface area contributed by atoms with Crippen LogP contribution in [0, 0.1) is 0 Å². The van der Waals surface area contributed by atoms with E-state index in [-0.39, 0.29) is 24.0 Å². The van der Waals surface area contributed by atoms with Gasteiger partial charge in [0.1, 0.15) is 0 Å². The largest absolute Gasteiger partial charge is 0.356 e. The Balaban J connectivity index is 0.00000261.